The average molecular weight is 329 g/mol. The number of aryl methyl sites for hydroxylation is 2. The Labute approximate surface area is 127 Å². The zero-order chi connectivity index (χ0) is 15.6. The van der Waals surface area contributed by atoms with Gasteiger partial charge in [0.1, 0.15) is 17.7 Å². The Morgan fingerprint density at radius 1 is 1.33 bits per heavy atom. The predicted octanol–water partition coefficient (Wildman–Crippen LogP) is 2.20. The summed E-state index contributed by atoms with van der Waals surface area (Å²) >= 11 is 5.98. The van der Waals surface area contributed by atoms with Gasteiger partial charge in [0.2, 0.25) is 10.0 Å². The highest BCUT2D eigenvalue weighted by molar-refractivity contribution is 7.89. The van der Waals surface area contributed by atoms with Crippen molar-refractivity contribution in [1.29, 1.82) is 0 Å². The van der Waals surface area contributed by atoms with Crippen LogP contribution in [0.15, 0.2) is 29.0 Å². The molecular weight excluding hydrogens is 316 g/mol. The molecule has 0 bridgehead atoms. The molecule has 0 aliphatic carbocycles. The summed E-state index contributed by atoms with van der Waals surface area (Å²) in [5, 5.41) is 3.69. The van der Waals surface area contributed by atoms with Gasteiger partial charge < -0.3 is 4.52 Å². The molecule has 0 saturated carbocycles. The van der Waals surface area contributed by atoms with Crippen LogP contribution in [-0.2, 0) is 15.8 Å². The number of carbonyl (C=O) groups is 1. The number of aromatic nitrogens is 1. The number of carbonyl (C=O) groups excluding carboxylic acids is 1. The summed E-state index contributed by atoms with van der Waals surface area (Å²) in [7, 11) is -3.87. The van der Waals surface area contributed by atoms with Gasteiger partial charge in [-0.2, -0.15) is 0 Å². The van der Waals surface area contributed by atoms with E-state index >= 15 is 0 Å². The highest BCUT2D eigenvalue weighted by Crippen LogP contribution is 2.21. The third kappa shape index (κ3) is 3.83. The molecule has 0 radical (unpaired) electrons. The fraction of sp³-hybridized carbons (Fsp3) is 0.231. The van der Waals surface area contributed by atoms with Crippen molar-refractivity contribution in [2.75, 3.05) is 0 Å². The number of hydrogen-bond acceptors (Lipinski definition) is 5. The quantitative estimate of drug-likeness (QED) is 0.929. The van der Waals surface area contributed by atoms with E-state index in [9.17, 15) is 13.2 Å². The van der Waals surface area contributed by atoms with Gasteiger partial charge in [-0.15, -0.1) is 0 Å². The molecule has 6 nitrogen and oxygen atoms in total. The first kappa shape index (κ1) is 15.5. The van der Waals surface area contributed by atoms with Crippen LogP contribution in [0.5, 0.6) is 0 Å². The largest absolute Gasteiger partial charge is 0.364 e. The molecule has 0 aliphatic heterocycles. The smallest absolute Gasteiger partial charge is 0.266 e. The second-order valence-electron chi connectivity index (χ2n) is 4.60. The van der Waals surface area contributed by atoms with E-state index in [1.54, 1.807) is 12.1 Å². The first-order valence-corrected chi connectivity index (χ1v) is 8.02. The van der Waals surface area contributed by atoms with E-state index in [1.807, 2.05) is 18.6 Å². The Balaban J connectivity index is 2.20. The van der Waals surface area contributed by atoms with Gasteiger partial charge in [-0.05, 0) is 37.1 Å². The number of sulfonamides is 1. The highest BCUT2D eigenvalue weighted by Gasteiger charge is 2.20. The van der Waals surface area contributed by atoms with Crippen molar-refractivity contribution in [3.8, 4) is 0 Å². The third-order valence-corrected chi connectivity index (χ3v) is 4.39. The molecule has 0 fully saturated rings. The molecule has 1 heterocycles. The molecule has 1 N–H and O–H groups in total. The van der Waals surface area contributed by atoms with Gasteiger partial charge in [0.05, 0.1) is 10.6 Å². The van der Waals surface area contributed by atoms with Crippen LogP contribution in [0.4, 0.5) is 0 Å². The zero-order valence-corrected chi connectivity index (χ0v) is 13.0. The molecular formula is C13H13ClN2O4S. The molecule has 1 amide bonds. The van der Waals surface area contributed by atoms with Crippen molar-refractivity contribution in [3.63, 3.8) is 0 Å². The standard InChI is InChI=1S/C13H13ClN2O4S/c1-8-5-11(12(14)6-9(8)2)13(17)16-21(18,19)7-10-3-4-20-15-10/h3-6H,7H2,1-2H3,(H,16,17). The van der Waals surface area contributed by atoms with Gasteiger partial charge in [-0.1, -0.05) is 16.8 Å². The Bertz CT molecular complexity index is 770. The molecule has 0 aliphatic rings. The molecule has 8 heteroatoms. The lowest BCUT2D eigenvalue weighted by Crippen LogP contribution is -2.32. The summed E-state index contributed by atoms with van der Waals surface area (Å²) in [4.78, 5) is 12.1. The fourth-order valence-electron chi connectivity index (χ4n) is 1.69. The maximum Gasteiger partial charge on any atom is 0.266 e. The van der Waals surface area contributed by atoms with Crippen LogP contribution < -0.4 is 4.72 Å². The molecule has 1 aromatic heterocycles. The van der Waals surface area contributed by atoms with Crippen molar-refractivity contribution in [2.45, 2.75) is 19.6 Å². The summed E-state index contributed by atoms with van der Waals surface area (Å²) in [6, 6.07) is 4.58. The van der Waals surface area contributed by atoms with Crippen molar-refractivity contribution in [3.05, 3.63) is 51.9 Å². The van der Waals surface area contributed by atoms with Crippen LogP contribution in [0, 0.1) is 13.8 Å². The third-order valence-electron chi connectivity index (χ3n) is 2.91. The Morgan fingerprint density at radius 3 is 2.62 bits per heavy atom. The van der Waals surface area contributed by atoms with E-state index in [4.69, 9.17) is 11.6 Å². The van der Waals surface area contributed by atoms with E-state index in [1.165, 1.54) is 12.3 Å². The summed E-state index contributed by atoms with van der Waals surface area (Å²) in [5.74, 6) is -1.22. The monoisotopic (exact) mass is 328 g/mol. The molecule has 21 heavy (non-hydrogen) atoms. The maximum atomic E-state index is 12.1. The van der Waals surface area contributed by atoms with Crippen LogP contribution in [-0.4, -0.2) is 19.5 Å². The summed E-state index contributed by atoms with van der Waals surface area (Å²) in [6.07, 6.45) is 1.26. The highest BCUT2D eigenvalue weighted by atomic mass is 35.5. The predicted molar refractivity (Wildman–Crippen MR) is 77.5 cm³/mol. The van der Waals surface area contributed by atoms with Crippen LogP contribution >= 0.6 is 11.6 Å². The van der Waals surface area contributed by atoms with Crippen molar-refractivity contribution in [2.24, 2.45) is 0 Å². The maximum absolute atomic E-state index is 12.1. The lowest BCUT2D eigenvalue weighted by atomic mass is 10.1. The SMILES string of the molecule is Cc1cc(Cl)c(C(=O)NS(=O)(=O)Cc2ccon2)cc1C. The molecule has 112 valence electrons. The summed E-state index contributed by atoms with van der Waals surface area (Å²) < 4.78 is 30.3. The van der Waals surface area contributed by atoms with Gasteiger partial charge >= 0.3 is 0 Å². The van der Waals surface area contributed by atoms with E-state index in [-0.39, 0.29) is 16.3 Å². The normalized spacial score (nSPS) is 11.4. The van der Waals surface area contributed by atoms with Gasteiger partial charge in [0, 0.05) is 6.07 Å². The van der Waals surface area contributed by atoms with Gasteiger partial charge in [-0.25, -0.2) is 13.1 Å². The summed E-state index contributed by atoms with van der Waals surface area (Å²) in [5.41, 5.74) is 2.09. The number of halogens is 1. The van der Waals surface area contributed by atoms with Crippen molar-refractivity contribution in [1.82, 2.24) is 9.88 Å². The minimum atomic E-state index is -3.87. The average Bonchev–Trinajstić information content (AvgIpc) is 2.84. The Kier molecular flexibility index (Phi) is 4.34. The Morgan fingerprint density at radius 2 is 2.00 bits per heavy atom. The van der Waals surface area contributed by atoms with Gasteiger partial charge in [-0.3, -0.25) is 4.79 Å². The van der Waals surface area contributed by atoms with E-state index < -0.39 is 21.7 Å². The molecule has 2 rings (SSSR count). The van der Waals surface area contributed by atoms with Gasteiger partial charge in [0.25, 0.3) is 5.91 Å². The number of benzene rings is 1. The van der Waals surface area contributed by atoms with Crippen LogP contribution in [0.25, 0.3) is 0 Å². The molecule has 0 saturated heterocycles. The van der Waals surface area contributed by atoms with E-state index in [2.05, 4.69) is 9.68 Å². The second-order valence-corrected chi connectivity index (χ2v) is 6.73. The molecule has 0 spiro atoms. The minimum absolute atomic E-state index is 0.114. The van der Waals surface area contributed by atoms with Gasteiger partial charge in [0.15, 0.2) is 0 Å². The molecule has 0 unspecified atom stereocenters. The topological polar surface area (TPSA) is 89.3 Å². The molecule has 0 atom stereocenters. The summed E-state index contributed by atoms with van der Waals surface area (Å²) in [6.45, 7) is 3.66. The lowest BCUT2D eigenvalue weighted by Gasteiger charge is -2.09. The second kappa shape index (κ2) is 5.87. The number of amides is 1. The van der Waals surface area contributed by atoms with E-state index in [0.29, 0.717) is 0 Å². The van der Waals surface area contributed by atoms with Crippen LogP contribution in [0.3, 0.4) is 0 Å². The number of nitrogens with zero attached hydrogens (tertiary/aromatic N) is 1. The number of rotatable bonds is 4. The van der Waals surface area contributed by atoms with E-state index in [0.717, 1.165) is 11.1 Å². The first-order chi connectivity index (χ1) is 9.78. The Hall–Kier alpha value is -1.86. The number of hydrogen-bond donors (Lipinski definition) is 1. The van der Waals surface area contributed by atoms with Crippen molar-refractivity contribution < 1.29 is 17.7 Å². The minimum Gasteiger partial charge on any atom is -0.364 e. The lowest BCUT2D eigenvalue weighted by molar-refractivity contribution is 0.0981. The first-order valence-electron chi connectivity index (χ1n) is 5.99. The fourth-order valence-corrected chi connectivity index (χ4v) is 3.00. The van der Waals surface area contributed by atoms with Crippen LogP contribution in [0.1, 0.15) is 27.2 Å². The number of nitrogens with one attached hydrogen (secondary N) is 1. The van der Waals surface area contributed by atoms with Crippen molar-refractivity contribution >= 4 is 27.5 Å². The molecule has 1 aromatic carbocycles. The van der Waals surface area contributed by atoms with Crippen LogP contribution in [0.2, 0.25) is 5.02 Å². The zero-order valence-electron chi connectivity index (χ0n) is 11.4. The molecule has 2 aromatic rings.